The van der Waals surface area contributed by atoms with Crippen LogP contribution in [0.5, 0.6) is 0 Å². The summed E-state index contributed by atoms with van der Waals surface area (Å²) in [7, 11) is 30.6. The number of hydrogen-bond donors (Lipinski definition) is 0. The number of amides is 1. The van der Waals surface area contributed by atoms with E-state index in [-0.39, 0.29) is 5.91 Å². The molecule has 0 spiro atoms. The molecule has 0 fully saturated rings. The van der Waals surface area contributed by atoms with Gasteiger partial charge < -0.3 is 0 Å². The van der Waals surface area contributed by atoms with Crippen molar-refractivity contribution in [1.82, 2.24) is 4.90 Å². The van der Waals surface area contributed by atoms with Crippen molar-refractivity contribution in [2.75, 3.05) is 21.1 Å². The van der Waals surface area contributed by atoms with E-state index in [1.54, 1.807) is 18.9 Å². The van der Waals surface area contributed by atoms with Crippen LogP contribution in [0.25, 0.3) is 0 Å². The van der Waals surface area contributed by atoms with Crippen molar-refractivity contribution in [1.29, 1.82) is 0 Å². The fourth-order valence-corrected chi connectivity index (χ4v) is 0.528. The van der Waals surface area contributed by atoms with Gasteiger partial charge in [-0.25, -0.2) is 9.69 Å². The monoisotopic (exact) mass is 474 g/mol. The predicted molar refractivity (Wildman–Crippen MR) is 82.1 cm³/mol. The van der Waals surface area contributed by atoms with E-state index in [1.807, 2.05) is 25.6 Å². The van der Waals surface area contributed by atoms with E-state index in [1.165, 1.54) is 0 Å². The van der Waals surface area contributed by atoms with E-state index in [0.29, 0.717) is 0 Å². The average molecular weight is 478 g/mol. The molecule has 0 aliphatic carbocycles. The van der Waals surface area contributed by atoms with Gasteiger partial charge in [-0.15, -0.1) is 0 Å². The molecule has 1 amide bonds. The van der Waals surface area contributed by atoms with Crippen LogP contribution in [0.1, 0.15) is 13.8 Å². The molecule has 0 aromatic heterocycles. The third-order valence-corrected chi connectivity index (χ3v) is 1.60. The number of halogens is 6. The first kappa shape index (κ1) is 21.0. The fourth-order valence-electron chi connectivity index (χ4n) is 0.528. The van der Waals surface area contributed by atoms with E-state index in [0.717, 1.165) is 5.84 Å². The molecule has 0 atom stereocenters. The SMILES string of the molecule is CC(=O)N(C)C(C)=[N+](C)C.[Cl][Sb-]([Cl])([Cl])([Cl])([Cl])[Cl]. The molecule has 0 aliphatic rings. The Labute approximate surface area is 122 Å². The maximum absolute atomic E-state index is 10.8. The molecule has 0 radical (unpaired) electrons. The molecule has 17 heavy (non-hydrogen) atoms. The molecule has 0 aromatic rings. The number of nitrogens with zero attached hydrogens (tertiary/aromatic N) is 2. The van der Waals surface area contributed by atoms with Crippen molar-refractivity contribution < 1.29 is 9.37 Å². The van der Waals surface area contributed by atoms with E-state index in [4.69, 9.17) is 53.0 Å². The standard InChI is InChI=1S/C7H15N2O.6ClH.Sb/c1-6(8(3)4)9(5)7(2)10;;;;;;;/h1-5H3;6*1H;/q+1;;;;;;;+5/p-6. The van der Waals surface area contributed by atoms with Crippen LogP contribution in [-0.4, -0.2) is 51.5 Å². The Hall–Kier alpha value is 1.70. The topological polar surface area (TPSA) is 23.3 Å². The minimum atomic E-state index is -5.42. The number of carbonyl (C=O) groups is 1. The van der Waals surface area contributed by atoms with Crippen LogP contribution in [0, 0.1) is 0 Å². The van der Waals surface area contributed by atoms with E-state index < -0.39 is 9.14 Å². The molecule has 0 saturated heterocycles. The Morgan fingerprint density at radius 3 is 1.29 bits per heavy atom. The molecule has 0 aliphatic heterocycles. The molecular weight excluding hydrogens is 463 g/mol. The van der Waals surface area contributed by atoms with Crippen LogP contribution in [-0.2, 0) is 4.79 Å². The summed E-state index contributed by atoms with van der Waals surface area (Å²) < 4.78 is 1.90. The van der Waals surface area contributed by atoms with E-state index in [2.05, 4.69) is 0 Å². The zero-order chi connectivity index (χ0) is 14.7. The Kier molecular flexibility index (Phi) is 7.40. The van der Waals surface area contributed by atoms with Gasteiger partial charge in [-0.3, -0.25) is 4.58 Å². The molecule has 3 nitrogen and oxygen atoms in total. The molecule has 10 heteroatoms. The molecule has 0 N–H and O–H groups in total. The number of amidine groups is 1. The third kappa shape index (κ3) is 23.2. The van der Waals surface area contributed by atoms with Gasteiger partial charge in [0.15, 0.2) is 0 Å². The Morgan fingerprint density at radius 2 is 1.24 bits per heavy atom. The van der Waals surface area contributed by atoms with Gasteiger partial charge in [0.05, 0.1) is 21.1 Å². The second-order valence-corrected chi connectivity index (χ2v) is 60.4. The van der Waals surface area contributed by atoms with Crippen LogP contribution in [0.2, 0.25) is 0 Å². The normalized spacial score (nSPS) is 14.8. The number of carbonyl (C=O) groups excluding carboxylic acids is 1. The molecule has 0 unspecified atom stereocenters. The summed E-state index contributed by atoms with van der Waals surface area (Å²) >= 11 is 0. The summed E-state index contributed by atoms with van der Waals surface area (Å²) in [4.78, 5) is 12.4. The van der Waals surface area contributed by atoms with Crippen molar-refractivity contribution in [2.24, 2.45) is 0 Å². The zero-order valence-electron chi connectivity index (χ0n) is 10.0. The maximum atomic E-state index is 10.8. The van der Waals surface area contributed by atoms with Crippen molar-refractivity contribution >= 4 is 73.9 Å². The van der Waals surface area contributed by atoms with Gasteiger partial charge in [0.1, 0.15) is 0 Å². The minimum absolute atomic E-state index is 0.0613. The molecule has 0 rings (SSSR count). The Balaban J connectivity index is 0. The summed E-state index contributed by atoms with van der Waals surface area (Å²) in [5.41, 5.74) is 0. The number of hydrogen-bond acceptors (Lipinski definition) is 1. The number of rotatable bonds is 0. The molecule has 0 saturated carbocycles. The van der Waals surface area contributed by atoms with Gasteiger partial charge in [-0.2, -0.15) is 0 Å². The van der Waals surface area contributed by atoms with Gasteiger partial charge >= 0.3 is 68.0 Å². The zero-order valence-corrected chi connectivity index (χ0v) is 17.1. The Morgan fingerprint density at radius 1 is 1.00 bits per heavy atom. The molecule has 106 valence electrons. The van der Waals surface area contributed by atoms with Crippen LogP contribution in [0.3, 0.4) is 0 Å². The Bertz CT molecular complexity index is 317. The van der Waals surface area contributed by atoms with E-state index in [9.17, 15) is 4.79 Å². The molecule has 0 aromatic carbocycles. The van der Waals surface area contributed by atoms with Gasteiger partial charge in [0.2, 0.25) is 5.84 Å². The molecular formula is C7H15Cl6N2OSb. The summed E-state index contributed by atoms with van der Waals surface area (Å²) in [6.07, 6.45) is 0. The quantitative estimate of drug-likeness (QED) is 0.225. The van der Waals surface area contributed by atoms with Gasteiger partial charge in [-0.1, -0.05) is 0 Å². The first-order chi connectivity index (χ1) is 6.91. The second-order valence-electron chi connectivity index (χ2n) is 3.48. The molecule has 0 bridgehead atoms. The summed E-state index contributed by atoms with van der Waals surface area (Å²) in [6.45, 7) is 3.45. The fraction of sp³-hybridized carbons (Fsp3) is 0.714. The van der Waals surface area contributed by atoms with E-state index >= 15 is 0 Å². The van der Waals surface area contributed by atoms with Crippen LogP contribution < -0.4 is 0 Å². The van der Waals surface area contributed by atoms with Crippen molar-refractivity contribution in [3.05, 3.63) is 0 Å². The molecule has 0 heterocycles. The van der Waals surface area contributed by atoms with Gasteiger partial charge in [-0.05, 0) is 0 Å². The average Bonchev–Trinajstić information content (AvgIpc) is 1.95. The van der Waals surface area contributed by atoms with Gasteiger partial charge in [0.25, 0.3) is 0 Å². The van der Waals surface area contributed by atoms with Gasteiger partial charge in [0, 0.05) is 13.8 Å². The van der Waals surface area contributed by atoms with Crippen LogP contribution >= 0.6 is 53.0 Å². The van der Waals surface area contributed by atoms with Crippen molar-refractivity contribution in [2.45, 2.75) is 13.8 Å². The third-order valence-electron chi connectivity index (χ3n) is 1.60. The first-order valence-corrected chi connectivity index (χ1v) is 23.6. The predicted octanol–water partition coefficient (Wildman–Crippen LogP) is 3.91. The van der Waals surface area contributed by atoms with Crippen molar-refractivity contribution in [3.63, 3.8) is 0 Å². The van der Waals surface area contributed by atoms with Crippen LogP contribution in [0.15, 0.2) is 0 Å². The van der Waals surface area contributed by atoms with Crippen LogP contribution in [0.4, 0.5) is 0 Å². The second kappa shape index (κ2) is 5.99. The summed E-state index contributed by atoms with van der Waals surface area (Å²) in [5, 5.41) is 0. The first-order valence-electron chi connectivity index (χ1n) is 4.23. The summed E-state index contributed by atoms with van der Waals surface area (Å²) in [6, 6.07) is 0. The summed E-state index contributed by atoms with van der Waals surface area (Å²) in [5.74, 6) is 1.01. The van der Waals surface area contributed by atoms with Crippen molar-refractivity contribution in [3.8, 4) is 0 Å².